The molecule has 0 N–H and O–H groups in total. The maximum absolute atomic E-state index is 11.7. The van der Waals surface area contributed by atoms with Crippen molar-refractivity contribution in [2.24, 2.45) is 0 Å². The average molecular weight is 304 g/mol. The number of aryl methyl sites for hydroxylation is 1. The van der Waals surface area contributed by atoms with Gasteiger partial charge in [-0.15, -0.1) is 0 Å². The summed E-state index contributed by atoms with van der Waals surface area (Å²) in [7, 11) is 1.60. The molecule has 0 aliphatic carbocycles. The molecule has 6 nitrogen and oxygen atoms in total. The summed E-state index contributed by atoms with van der Waals surface area (Å²) in [5, 5.41) is 3.92. The van der Waals surface area contributed by atoms with E-state index in [1.165, 1.54) is 0 Å². The zero-order chi connectivity index (χ0) is 16.2. The molecule has 0 saturated carbocycles. The van der Waals surface area contributed by atoms with Crippen molar-refractivity contribution in [3.8, 4) is 17.1 Å². The van der Waals surface area contributed by atoms with Gasteiger partial charge in [0.2, 0.25) is 11.7 Å². The fourth-order valence-corrected chi connectivity index (χ4v) is 1.84. The molecule has 0 unspecified atom stereocenters. The van der Waals surface area contributed by atoms with Crippen LogP contribution in [-0.4, -0.2) is 28.8 Å². The molecule has 0 aliphatic rings. The van der Waals surface area contributed by atoms with Gasteiger partial charge in [-0.2, -0.15) is 4.98 Å². The first kappa shape index (κ1) is 16.0. The molecule has 0 atom stereocenters. The van der Waals surface area contributed by atoms with Gasteiger partial charge in [-0.05, 0) is 32.9 Å². The lowest BCUT2D eigenvalue weighted by atomic mass is 10.2. The lowest BCUT2D eigenvalue weighted by Crippen LogP contribution is -2.24. The predicted octanol–water partition coefficient (Wildman–Crippen LogP) is 3.02. The van der Waals surface area contributed by atoms with Gasteiger partial charge in [0.15, 0.2) is 0 Å². The molecule has 118 valence electrons. The molecule has 0 saturated heterocycles. The highest BCUT2D eigenvalue weighted by molar-refractivity contribution is 5.70. The minimum absolute atomic E-state index is 0.205. The number of aromatic nitrogens is 2. The number of carbonyl (C=O) groups excluding carboxylic acids is 1. The van der Waals surface area contributed by atoms with E-state index in [0.29, 0.717) is 18.1 Å². The summed E-state index contributed by atoms with van der Waals surface area (Å²) < 4.78 is 15.6. The monoisotopic (exact) mass is 304 g/mol. The fourth-order valence-electron chi connectivity index (χ4n) is 1.84. The molecule has 6 heteroatoms. The van der Waals surface area contributed by atoms with Crippen molar-refractivity contribution < 1.29 is 18.8 Å². The summed E-state index contributed by atoms with van der Waals surface area (Å²) in [6.07, 6.45) is 0.558. The highest BCUT2D eigenvalue weighted by Gasteiger charge is 2.17. The molecule has 0 bridgehead atoms. The number of carbonyl (C=O) groups is 1. The van der Waals surface area contributed by atoms with E-state index in [-0.39, 0.29) is 12.4 Å². The zero-order valence-corrected chi connectivity index (χ0v) is 13.3. The van der Waals surface area contributed by atoms with E-state index in [1.807, 2.05) is 45.0 Å². The molecule has 1 aromatic heterocycles. The van der Waals surface area contributed by atoms with Gasteiger partial charge in [-0.1, -0.05) is 17.3 Å². The lowest BCUT2D eigenvalue weighted by Gasteiger charge is -2.19. The molecule has 0 amide bonds. The largest absolute Gasteiger partial charge is 0.497 e. The van der Waals surface area contributed by atoms with Gasteiger partial charge in [-0.25, -0.2) is 0 Å². The third-order valence-corrected chi connectivity index (χ3v) is 2.76. The van der Waals surface area contributed by atoms with Crippen molar-refractivity contribution in [1.29, 1.82) is 0 Å². The van der Waals surface area contributed by atoms with Crippen LogP contribution in [0.15, 0.2) is 28.8 Å². The predicted molar refractivity (Wildman–Crippen MR) is 80.5 cm³/mol. The summed E-state index contributed by atoms with van der Waals surface area (Å²) >= 11 is 0. The van der Waals surface area contributed by atoms with Crippen molar-refractivity contribution in [2.45, 2.75) is 39.2 Å². The first-order valence-electron chi connectivity index (χ1n) is 7.06. The number of nitrogens with zero attached hydrogens (tertiary/aromatic N) is 2. The second-order valence-corrected chi connectivity index (χ2v) is 5.83. The summed E-state index contributed by atoms with van der Waals surface area (Å²) in [5.74, 6) is 1.31. The summed E-state index contributed by atoms with van der Waals surface area (Å²) in [6, 6.07) is 7.38. The average Bonchev–Trinajstić information content (AvgIpc) is 2.92. The van der Waals surface area contributed by atoms with E-state index in [2.05, 4.69) is 10.1 Å². The summed E-state index contributed by atoms with van der Waals surface area (Å²) in [4.78, 5) is 15.9. The van der Waals surface area contributed by atoms with Crippen LogP contribution in [0.2, 0.25) is 0 Å². The molecule has 2 rings (SSSR count). The van der Waals surface area contributed by atoms with Crippen molar-refractivity contribution >= 4 is 5.97 Å². The van der Waals surface area contributed by atoms with Crippen LogP contribution in [0.4, 0.5) is 0 Å². The van der Waals surface area contributed by atoms with E-state index < -0.39 is 5.60 Å². The van der Waals surface area contributed by atoms with Gasteiger partial charge in [0.1, 0.15) is 11.4 Å². The molecule has 22 heavy (non-hydrogen) atoms. The first-order valence-corrected chi connectivity index (χ1v) is 7.06. The van der Waals surface area contributed by atoms with E-state index in [4.69, 9.17) is 14.0 Å². The highest BCUT2D eigenvalue weighted by Crippen LogP contribution is 2.21. The maximum atomic E-state index is 11.7. The Morgan fingerprint density at radius 3 is 2.77 bits per heavy atom. The van der Waals surface area contributed by atoms with Gasteiger partial charge >= 0.3 is 5.97 Å². The van der Waals surface area contributed by atoms with Gasteiger partial charge < -0.3 is 14.0 Å². The Kier molecular flexibility index (Phi) is 4.80. The normalized spacial score (nSPS) is 11.3. The number of methoxy groups -OCH3 is 1. The van der Waals surface area contributed by atoms with E-state index in [0.717, 1.165) is 11.3 Å². The van der Waals surface area contributed by atoms with E-state index in [9.17, 15) is 4.79 Å². The maximum Gasteiger partial charge on any atom is 0.306 e. The molecule has 0 spiro atoms. The Balaban J connectivity index is 1.98. The number of esters is 1. The van der Waals surface area contributed by atoms with Crippen LogP contribution in [0.3, 0.4) is 0 Å². The fraction of sp³-hybridized carbons (Fsp3) is 0.438. The number of hydrogen-bond acceptors (Lipinski definition) is 6. The molecule has 0 aliphatic heterocycles. The van der Waals surface area contributed by atoms with Crippen LogP contribution in [-0.2, 0) is 16.0 Å². The van der Waals surface area contributed by atoms with Crippen molar-refractivity contribution in [3.63, 3.8) is 0 Å². The van der Waals surface area contributed by atoms with Crippen LogP contribution in [0, 0.1) is 0 Å². The number of hydrogen-bond donors (Lipinski definition) is 0. The molecule has 2 aromatic rings. The second-order valence-electron chi connectivity index (χ2n) is 5.83. The third kappa shape index (κ3) is 4.58. The molecule has 0 fully saturated rings. The van der Waals surface area contributed by atoms with Crippen LogP contribution in [0.5, 0.6) is 5.75 Å². The Morgan fingerprint density at radius 2 is 2.09 bits per heavy atom. The third-order valence-electron chi connectivity index (χ3n) is 2.76. The Bertz CT molecular complexity index is 644. The van der Waals surface area contributed by atoms with Crippen LogP contribution >= 0.6 is 0 Å². The second kappa shape index (κ2) is 6.60. The van der Waals surface area contributed by atoms with Crippen molar-refractivity contribution in [2.75, 3.05) is 7.11 Å². The molecule has 1 aromatic carbocycles. The van der Waals surface area contributed by atoms with E-state index >= 15 is 0 Å². The Morgan fingerprint density at radius 1 is 1.32 bits per heavy atom. The van der Waals surface area contributed by atoms with Gasteiger partial charge in [0.25, 0.3) is 0 Å². The molecule has 0 radical (unpaired) electrons. The topological polar surface area (TPSA) is 74.5 Å². The summed E-state index contributed by atoms with van der Waals surface area (Å²) in [6.45, 7) is 5.50. The van der Waals surface area contributed by atoms with E-state index in [1.54, 1.807) is 7.11 Å². The lowest BCUT2D eigenvalue weighted by molar-refractivity contribution is -0.154. The smallest absolute Gasteiger partial charge is 0.306 e. The Hall–Kier alpha value is -2.37. The van der Waals surface area contributed by atoms with Gasteiger partial charge in [0.05, 0.1) is 13.5 Å². The standard InChI is InChI=1S/C16H20N2O4/c1-16(2,3)21-14(19)9-8-13-17-15(18-22-13)11-6-5-7-12(10-11)20-4/h5-7,10H,8-9H2,1-4H3. The first-order chi connectivity index (χ1) is 10.4. The molecular formula is C16H20N2O4. The van der Waals surface area contributed by atoms with Crippen molar-refractivity contribution in [3.05, 3.63) is 30.2 Å². The molecule has 1 heterocycles. The van der Waals surface area contributed by atoms with Crippen molar-refractivity contribution in [1.82, 2.24) is 10.1 Å². The van der Waals surface area contributed by atoms with Gasteiger partial charge in [0, 0.05) is 12.0 Å². The highest BCUT2D eigenvalue weighted by atomic mass is 16.6. The van der Waals surface area contributed by atoms with Crippen LogP contribution in [0.25, 0.3) is 11.4 Å². The zero-order valence-electron chi connectivity index (χ0n) is 13.3. The van der Waals surface area contributed by atoms with Gasteiger partial charge in [-0.3, -0.25) is 4.79 Å². The minimum atomic E-state index is -0.488. The molecular weight excluding hydrogens is 284 g/mol. The number of rotatable bonds is 5. The van der Waals surface area contributed by atoms with Crippen LogP contribution in [0.1, 0.15) is 33.1 Å². The number of benzene rings is 1. The summed E-state index contributed by atoms with van der Waals surface area (Å²) in [5.41, 5.74) is 0.309. The minimum Gasteiger partial charge on any atom is -0.497 e. The Labute approximate surface area is 129 Å². The quantitative estimate of drug-likeness (QED) is 0.790. The van der Waals surface area contributed by atoms with Crippen LogP contribution < -0.4 is 4.74 Å². The SMILES string of the molecule is COc1cccc(-c2noc(CCC(=O)OC(C)(C)C)n2)c1. The number of ether oxygens (including phenoxy) is 2.